The van der Waals surface area contributed by atoms with Gasteiger partial charge < -0.3 is 25.6 Å². The van der Waals surface area contributed by atoms with Crippen LogP contribution in [0.1, 0.15) is 122 Å². The summed E-state index contributed by atoms with van der Waals surface area (Å²) in [5.74, 6) is -2.08. The highest BCUT2D eigenvalue weighted by molar-refractivity contribution is 5.90. The molecule has 0 bridgehead atoms. The predicted octanol–water partition coefficient (Wildman–Crippen LogP) is 4.86. The van der Waals surface area contributed by atoms with Crippen molar-refractivity contribution in [3.63, 3.8) is 0 Å². The van der Waals surface area contributed by atoms with Crippen molar-refractivity contribution >= 4 is 23.6 Å². The lowest BCUT2D eigenvalue weighted by atomic mass is 10.0. The second-order valence-electron chi connectivity index (χ2n) is 9.74. The number of carboxylic acids is 2. The molecule has 0 aromatic rings. The van der Waals surface area contributed by atoms with Gasteiger partial charge in [-0.1, -0.05) is 77.0 Å². The van der Waals surface area contributed by atoms with Crippen LogP contribution >= 0.6 is 0 Å². The molecule has 9 nitrogen and oxygen atoms in total. The van der Waals surface area contributed by atoms with Gasteiger partial charge in [-0.25, -0.2) is 0 Å². The zero-order valence-electron chi connectivity index (χ0n) is 23.1. The molecule has 0 radical (unpaired) electrons. The maximum absolute atomic E-state index is 12.4. The number of aliphatic carboxylic acids is 2. The monoisotopic (exact) mass is 528 g/mol. The minimum absolute atomic E-state index is 0.0756. The third kappa shape index (κ3) is 25.4. The van der Waals surface area contributed by atoms with Crippen LogP contribution in [0, 0.1) is 0 Å². The van der Waals surface area contributed by atoms with Crippen LogP contribution in [0.25, 0.3) is 0 Å². The quantitative estimate of drug-likeness (QED) is 0.106. The Labute approximate surface area is 223 Å². The number of amides is 1. The highest BCUT2D eigenvalue weighted by atomic mass is 16.5. The molecule has 0 unspecified atom stereocenters. The van der Waals surface area contributed by atoms with Crippen molar-refractivity contribution < 1.29 is 34.1 Å². The van der Waals surface area contributed by atoms with Crippen molar-refractivity contribution in [2.75, 3.05) is 26.3 Å². The lowest BCUT2D eigenvalue weighted by molar-refractivity contribution is -0.138. The smallest absolute Gasteiger partial charge is 0.303 e. The number of Topliss-reactive ketones (excluding diaryl/α,β-unsaturated/α-hetero) is 1. The molecule has 0 saturated heterocycles. The summed E-state index contributed by atoms with van der Waals surface area (Å²) in [5.41, 5.74) is 0. The highest BCUT2D eigenvalue weighted by Gasteiger charge is 2.21. The van der Waals surface area contributed by atoms with E-state index in [4.69, 9.17) is 14.9 Å². The molecule has 1 amide bonds. The molecule has 4 N–H and O–H groups in total. The molecule has 0 aliphatic rings. The zero-order chi connectivity index (χ0) is 27.6. The number of hydrogen-bond acceptors (Lipinski definition) is 6. The third-order valence-electron chi connectivity index (χ3n) is 6.34. The molecule has 0 rings (SSSR count). The molecule has 0 heterocycles. The van der Waals surface area contributed by atoms with E-state index in [0.29, 0.717) is 26.2 Å². The number of carboxylic acid groups (broad SMARTS) is 2. The Balaban J connectivity index is 3.76. The van der Waals surface area contributed by atoms with Crippen molar-refractivity contribution in [2.24, 2.45) is 0 Å². The van der Waals surface area contributed by atoms with E-state index in [1.165, 1.54) is 51.4 Å². The first-order valence-electron chi connectivity index (χ1n) is 14.4. The van der Waals surface area contributed by atoms with Crippen LogP contribution < -0.4 is 10.6 Å². The van der Waals surface area contributed by atoms with Gasteiger partial charge in [-0.2, -0.15) is 0 Å². The topological polar surface area (TPSA) is 142 Å². The first kappa shape index (κ1) is 35.0. The van der Waals surface area contributed by atoms with E-state index in [9.17, 15) is 19.2 Å². The normalized spacial score (nSPS) is 11.8. The predicted molar refractivity (Wildman–Crippen MR) is 145 cm³/mol. The number of hydrogen-bond donors (Lipinski definition) is 4. The van der Waals surface area contributed by atoms with Crippen LogP contribution in [-0.4, -0.2) is 66.2 Å². The van der Waals surface area contributed by atoms with E-state index >= 15 is 0 Å². The fourth-order valence-corrected chi connectivity index (χ4v) is 4.15. The van der Waals surface area contributed by atoms with E-state index in [2.05, 4.69) is 10.6 Å². The van der Waals surface area contributed by atoms with Gasteiger partial charge in [0.25, 0.3) is 0 Å². The standard InChI is InChI=1S/C28H52N2O7/c1-2-37-22-21-29-23-25(31)24(19-20-28(35)36)30-26(32)17-15-13-11-9-7-5-3-4-6-8-10-12-14-16-18-27(33)34/h24,29H,2-23H2,1H3,(H,30,32)(H,33,34)(H,35,36)/t24-/m0/s1. The minimum Gasteiger partial charge on any atom is -0.481 e. The van der Waals surface area contributed by atoms with Gasteiger partial charge in [0, 0.05) is 32.4 Å². The Morgan fingerprint density at radius 3 is 1.59 bits per heavy atom. The van der Waals surface area contributed by atoms with Crippen LogP contribution in [0.5, 0.6) is 0 Å². The van der Waals surface area contributed by atoms with Crippen LogP contribution in [-0.2, 0) is 23.9 Å². The average molecular weight is 529 g/mol. The third-order valence-corrected chi connectivity index (χ3v) is 6.34. The largest absolute Gasteiger partial charge is 0.481 e. The Kier molecular flexibility index (Phi) is 24.3. The number of ketones is 1. The summed E-state index contributed by atoms with van der Waals surface area (Å²) in [4.78, 5) is 46.1. The number of nitrogens with one attached hydrogen (secondary N) is 2. The number of unbranched alkanes of at least 4 members (excludes halogenated alkanes) is 13. The Morgan fingerprint density at radius 1 is 0.676 bits per heavy atom. The summed E-state index contributed by atoms with van der Waals surface area (Å²) < 4.78 is 5.21. The molecular formula is C28H52N2O7. The first-order chi connectivity index (χ1) is 17.9. The highest BCUT2D eigenvalue weighted by Crippen LogP contribution is 2.14. The summed E-state index contributed by atoms with van der Waals surface area (Å²) in [6, 6.07) is -0.778. The number of rotatable bonds is 28. The number of carbonyl (C=O) groups is 4. The van der Waals surface area contributed by atoms with Gasteiger partial charge in [0.05, 0.1) is 19.2 Å². The summed E-state index contributed by atoms with van der Waals surface area (Å²) in [7, 11) is 0. The van der Waals surface area contributed by atoms with Crippen molar-refractivity contribution in [3.05, 3.63) is 0 Å². The molecule has 0 saturated carbocycles. The van der Waals surface area contributed by atoms with E-state index in [0.717, 1.165) is 38.5 Å². The van der Waals surface area contributed by atoms with Gasteiger partial charge in [-0.15, -0.1) is 0 Å². The Morgan fingerprint density at radius 2 is 1.14 bits per heavy atom. The SMILES string of the molecule is CCOCCNCC(=O)[C@H](CCC(=O)O)NC(=O)CCCCCCCCCCCCCCCCC(=O)O. The molecule has 1 atom stereocenters. The molecule has 0 aliphatic carbocycles. The summed E-state index contributed by atoms with van der Waals surface area (Å²) >= 11 is 0. The second-order valence-corrected chi connectivity index (χ2v) is 9.74. The molecule has 9 heteroatoms. The van der Waals surface area contributed by atoms with Crippen LogP contribution in [0.2, 0.25) is 0 Å². The molecule has 0 spiro atoms. The molecule has 216 valence electrons. The van der Waals surface area contributed by atoms with E-state index in [1.54, 1.807) is 0 Å². The minimum atomic E-state index is -0.985. The molecular weight excluding hydrogens is 476 g/mol. The fraction of sp³-hybridized carbons (Fsp3) is 0.857. The van der Waals surface area contributed by atoms with Gasteiger partial charge in [-0.05, 0) is 26.2 Å². The fourth-order valence-electron chi connectivity index (χ4n) is 4.15. The number of ether oxygens (including phenoxy) is 1. The van der Waals surface area contributed by atoms with Gasteiger partial charge in [-0.3, -0.25) is 19.2 Å². The van der Waals surface area contributed by atoms with Crippen molar-refractivity contribution in [3.8, 4) is 0 Å². The van der Waals surface area contributed by atoms with E-state index < -0.39 is 18.0 Å². The van der Waals surface area contributed by atoms with Crippen LogP contribution in [0.15, 0.2) is 0 Å². The van der Waals surface area contributed by atoms with Gasteiger partial charge in [0.2, 0.25) is 5.91 Å². The second kappa shape index (κ2) is 25.6. The summed E-state index contributed by atoms with van der Waals surface area (Å²) in [6.07, 6.45) is 16.2. The molecule has 0 aromatic heterocycles. The lowest BCUT2D eigenvalue weighted by Gasteiger charge is -2.17. The summed E-state index contributed by atoms with van der Waals surface area (Å²) in [6.45, 7) is 3.59. The van der Waals surface area contributed by atoms with Crippen molar-refractivity contribution in [1.29, 1.82) is 0 Å². The Bertz CT molecular complexity index is 613. The Hall–Kier alpha value is -2.00. The van der Waals surface area contributed by atoms with Gasteiger partial charge in [0.15, 0.2) is 5.78 Å². The number of carbonyl (C=O) groups excluding carboxylic acids is 2. The van der Waals surface area contributed by atoms with Crippen molar-refractivity contribution in [1.82, 2.24) is 10.6 Å². The molecule has 0 fully saturated rings. The van der Waals surface area contributed by atoms with Gasteiger partial charge in [0.1, 0.15) is 0 Å². The molecule has 0 aliphatic heterocycles. The summed E-state index contributed by atoms with van der Waals surface area (Å²) in [5, 5.41) is 23.3. The van der Waals surface area contributed by atoms with E-state index in [-0.39, 0.29) is 37.5 Å². The van der Waals surface area contributed by atoms with Crippen LogP contribution in [0.3, 0.4) is 0 Å². The maximum atomic E-state index is 12.4. The molecule has 37 heavy (non-hydrogen) atoms. The van der Waals surface area contributed by atoms with E-state index in [1.807, 2.05) is 6.92 Å². The first-order valence-corrected chi connectivity index (χ1v) is 14.4. The van der Waals surface area contributed by atoms with Crippen LogP contribution in [0.4, 0.5) is 0 Å². The maximum Gasteiger partial charge on any atom is 0.303 e. The average Bonchev–Trinajstić information content (AvgIpc) is 2.85. The lowest BCUT2D eigenvalue weighted by Crippen LogP contribution is -2.45. The van der Waals surface area contributed by atoms with Gasteiger partial charge >= 0.3 is 11.9 Å². The molecule has 0 aromatic carbocycles. The van der Waals surface area contributed by atoms with Crippen molar-refractivity contribution in [2.45, 2.75) is 129 Å². The zero-order valence-corrected chi connectivity index (χ0v) is 23.1.